The van der Waals surface area contributed by atoms with Crippen LogP contribution in [0, 0.1) is 83.5 Å². The molecular formula is C3H3Ce2F3O6. The molecule has 0 aliphatic carbocycles. The summed E-state index contributed by atoms with van der Waals surface area (Å²) in [5.74, 6) is 0. The normalized spacial score (nSPS) is 7.71. The SMILES string of the molecule is [Ce+3].[Ce+3].[O-]C([O-])F.[O-]C([O-])F.[O-]C([O-])F. The Bertz CT molecular complexity index is 54.8. The van der Waals surface area contributed by atoms with Crippen LogP contribution < -0.4 is 30.6 Å². The Balaban J connectivity index is -0.0000000270. The second-order valence-corrected chi connectivity index (χ2v) is 0.823. The average Bonchev–Trinajstić information content (AvgIpc) is 1.54. The van der Waals surface area contributed by atoms with E-state index in [9.17, 15) is 13.2 Å². The zero-order valence-electron chi connectivity index (χ0n) is 6.32. The fraction of sp³-hybridized carbons (Fsp3) is 1.00. The summed E-state index contributed by atoms with van der Waals surface area (Å²) in [5.41, 5.74) is 0. The maximum absolute atomic E-state index is 9.89. The first kappa shape index (κ1) is 29.9. The largest absolute Gasteiger partial charge is 3.00 e. The third-order valence-electron chi connectivity index (χ3n) is 0. The fourth-order valence-corrected chi connectivity index (χ4v) is 0. The molecular weight excluding hydrogens is 469 g/mol. The van der Waals surface area contributed by atoms with Crippen LogP contribution in [0.1, 0.15) is 0 Å². The number of halogens is 3. The van der Waals surface area contributed by atoms with Crippen molar-refractivity contribution in [1.82, 2.24) is 0 Å². The molecule has 0 heterocycles. The van der Waals surface area contributed by atoms with Crippen LogP contribution in [-0.4, -0.2) is 19.6 Å². The van der Waals surface area contributed by atoms with E-state index in [2.05, 4.69) is 0 Å². The Morgan fingerprint density at radius 1 is 0.500 bits per heavy atom. The number of alkyl halides is 3. The van der Waals surface area contributed by atoms with Crippen LogP contribution in [0.15, 0.2) is 0 Å². The van der Waals surface area contributed by atoms with Gasteiger partial charge in [0.1, 0.15) is 0 Å². The van der Waals surface area contributed by atoms with E-state index in [4.69, 9.17) is 30.6 Å². The molecule has 0 atom stereocenters. The quantitative estimate of drug-likeness (QED) is 0.322. The maximum Gasteiger partial charge on any atom is 3.00 e. The molecule has 0 amide bonds. The van der Waals surface area contributed by atoms with Crippen molar-refractivity contribution < 1.29 is 127 Å². The zero-order chi connectivity index (χ0) is 10.7. The van der Waals surface area contributed by atoms with Gasteiger partial charge in [0.05, 0.1) is 0 Å². The van der Waals surface area contributed by atoms with Crippen LogP contribution in [0.3, 0.4) is 0 Å². The van der Waals surface area contributed by atoms with E-state index in [0.717, 1.165) is 0 Å². The summed E-state index contributed by atoms with van der Waals surface area (Å²) >= 11 is 0. The van der Waals surface area contributed by atoms with Crippen molar-refractivity contribution in [3.8, 4) is 0 Å². The predicted molar refractivity (Wildman–Crippen MR) is 14.7 cm³/mol. The Hall–Kier alpha value is 2.30. The van der Waals surface area contributed by atoms with Crippen LogP contribution in [0.2, 0.25) is 0 Å². The topological polar surface area (TPSA) is 138 Å². The number of rotatable bonds is 0. The van der Waals surface area contributed by atoms with Gasteiger partial charge in [0.15, 0.2) is 0 Å². The first-order valence-corrected chi connectivity index (χ1v) is 2.07. The molecule has 0 aromatic rings. The van der Waals surface area contributed by atoms with Gasteiger partial charge in [0.2, 0.25) is 0 Å². The molecule has 0 unspecified atom stereocenters. The van der Waals surface area contributed by atoms with Gasteiger partial charge in [-0.15, -0.1) is 0 Å². The van der Waals surface area contributed by atoms with Crippen molar-refractivity contribution >= 4 is 0 Å². The Labute approximate surface area is 145 Å². The molecule has 0 aliphatic heterocycles. The minimum Gasteiger partial charge on any atom is -0.841 e. The molecule has 0 aromatic carbocycles. The monoisotopic (exact) mass is 472 g/mol. The van der Waals surface area contributed by atoms with Crippen LogP contribution in [0.5, 0.6) is 0 Å². The van der Waals surface area contributed by atoms with Crippen molar-refractivity contribution in [3.05, 3.63) is 0 Å². The smallest absolute Gasteiger partial charge is 0.841 e. The first-order valence-electron chi connectivity index (χ1n) is 2.07. The maximum atomic E-state index is 9.89. The summed E-state index contributed by atoms with van der Waals surface area (Å²) in [4.78, 5) is 0. The molecule has 0 bridgehead atoms. The van der Waals surface area contributed by atoms with Gasteiger partial charge in [-0.25, -0.2) is 0 Å². The molecule has 0 saturated carbocycles. The second kappa shape index (κ2) is 24.5. The van der Waals surface area contributed by atoms with Gasteiger partial charge < -0.3 is 30.6 Å². The zero-order valence-corrected chi connectivity index (χ0v) is 12.6. The van der Waals surface area contributed by atoms with Crippen molar-refractivity contribution in [1.29, 1.82) is 0 Å². The molecule has 14 heavy (non-hydrogen) atoms. The molecule has 6 nitrogen and oxygen atoms in total. The van der Waals surface area contributed by atoms with E-state index in [1.807, 2.05) is 0 Å². The molecule has 0 rings (SSSR count). The number of hydrogen-bond acceptors (Lipinski definition) is 6. The summed E-state index contributed by atoms with van der Waals surface area (Å²) in [6.07, 6.45) is 0. The van der Waals surface area contributed by atoms with Crippen molar-refractivity contribution in [2.75, 3.05) is 0 Å². The number of hydrogen-bond donors (Lipinski definition) is 0. The molecule has 11 heteroatoms. The van der Waals surface area contributed by atoms with Gasteiger partial charge in [-0.3, -0.25) is 13.2 Å². The third-order valence-corrected chi connectivity index (χ3v) is 0. The van der Waals surface area contributed by atoms with E-state index < -0.39 is 19.6 Å². The van der Waals surface area contributed by atoms with E-state index in [-0.39, 0.29) is 83.5 Å². The standard InChI is InChI=1S/3CHFO2.2Ce/c3*2-1(3)4;;/h3*1H;;/q3*-2;2*+3. The van der Waals surface area contributed by atoms with Gasteiger partial charge >= 0.3 is 83.5 Å². The molecule has 2 radical (unpaired) electrons. The van der Waals surface area contributed by atoms with E-state index in [1.165, 1.54) is 0 Å². The van der Waals surface area contributed by atoms with Gasteiger partial charge in [0.25, 0.3) is 0 Å². The van der Waals surface area contributed by atoms with E-state index in [0.29, 0.717) is 0 Å². The average molecular weight is 472 g/mol. The van der Waals surface area contributed by atoms with Gasteiger partial charge in [-0.1, -0.05) is 19.6 Å². The molecule has 80 valence electrons. The predicted octanol–water partition coefficient (Wildman–Crippen LogP) is -6.12. The van der Waals surface area contributed by atoms with E-state index in [1.54, 1.807) is 0 Å². The van der Waals surface area contributed by atoms with Crippen LogP contribution >= 0.6 is 0 Å². The summed E-state index contributed by atoms with van der Waals surface area (Å²) < 4.78 is 29.7. The van der Waals surface area contributed by atoms with Crippen LogP contribution in [0.4, 0.5) is 13.2 Å². The minimum atomic E-state index is -3.17. The van der Waals surface area contributed by atoms with Crippen molar-refractivity contribution in [2.45, 2.75) is 19.6 Å². The first-order chi connectivity index (χ1) is 5.20. The Morgan fingerprint density at radius 3 is 0.500 bits per heavy atom. The molecule has 0 saturated heterocycles. The molecule has 0 aliphatic rings. The van der Waals surface area contributed by atoms with Crippen molar-refractivity contribution in [2.24, 2.45) is 0 Å². The molecule has 0 aromatic heterocycles. The minimum absolute atomic E-state index is 0. The third kappa shape index (κ3) is 477. The molecule has 0 N–H and O–H groups in total. The van der Waals surface area contributed by atoms with Crippen LogP contribution in [-0.2, 0) is 0 Å². The van der Waals surface area contributed by atoms with Crippen LogP contribution in [0.25, 0.3) is 0 Å². The molecule has 0 fully saturated rings. The van der Waals surface area contributed by atoms with Gasteiger partial charge in [-0.05, 0) is 0 Å². The summed E-state index contributed by atoms with van der Waals surface area (Å²) in [6, 6.07) is 0. The second-order valence-electron chi connectivity index (χ2n) is 0.823. The summed E-state index contributed by atoms with van der Waals surface area (Å²) in [7, 11) is 0. The fourth-order valence-electron chi connectivity index (χ4n) is 0. The Kier molecular flexibility index (Phi) is 52.3. The molecule has 0 spiro atoms. The summed E-state index contributed by atoms with van der Waals surface area (Å²) in [5, 5.41) is 49.8. The van der Waals surface area contributed by atoms with Crippen molar-refractivity contribution in [3.63, 3.8) is 0 Å². The summed E-state index contributed by atoms with van der Waals surface area (Å²) in [6.45, 7) is -9.50. The van der Waals surface area contributed by atoms with Gasteiger partial charge in [-0.2, -0.15) is 0 Å². The van der Waals surface area contributed by atoms with E-state index >= 15 is 0 Å². The Morgan fingerprint density at radius 2 is 0.500 bits per heavy atom. The van der Waals surface area contributed by atoms with Gasteiger partial charge in [0, 0.05) is 0 Å².